The van der Waals surface area contributed by atoms with Gasteiger partial charge in [-0.05, 0) is 30.3 Å². The maximum atomic E-state index is 5.65. The number of aromatic nitrogens is 2. The summed E-state index contributed by atoms with van der Waals surface area (Å²) in [6, 6.07) is 8.27. The molecule has 0 fully saturated rings. The molecule has 1 aromatic heterocycles. The van der Waals surface area contributed by atoms with Crippen LogP contribution in [0.25, 0.3) is 0 Å². The van der Waals surface area contributed by atoms with Gasteiger partial charge in [0.05, 0.1) is 12.6 Å². The summed E-state index contributed by atoms with van der Waals surface area (Å²) in [6.45, 7) is 5.03. The van der Waals surface area contributed by atoms with Gasteiger partial charge in [-0.25, -0.2) is 0 Å². The molecule has 3 rings (SSSR count). The van der Waals surface area contributed by atoms with Crippen molar-refractivity contribution in [3.05, 3.63) is 42.2 Å². The van der Waals surface area contributed by atoms with Gasteiger partial charge >= 0.3 is 0 Å². The lowest BCUT2D eigenvalue weighted by molar-refractivity contribution is 0.171. The molecule has 1 aliphatic rings. The minimum atomic E-state index is 0.204. The van der Waals surface area contributed by atoms with E-state index >= 15 is 0 Å². The van der Waals surface area contributed by atoms with Crippen molar-refractivity contribution >= 4 is 0 Å². The summed E-state index contributed by atoms with van der Waals surface area (Å²) in [6.07, 6.45) is 3.77. The van der Waals surface area contributed by atoms with Gasteiger partial charge in [0.15, 0.2) is 11.5 Å². The Labute approximate surface area is 118 Å². The third-order valence-electron chi connectivity index (χ3n) is 3.35. The first kappa shape index (κ1) is 13.0. The first-order valence-corrected chi connectivity index (χ1v) is 6.97. The van der Waals surface area contributed by atoms with Crippen LogP contribution in [0.15, 0.2) is 36.7 Å². The Morgan fingerprint density at radius 3 is 2.90 bits per heavy atom. The fourth-order valence-corrected chi connectivity index (χ4v) is 2.41. The number of nitrogens with one attached hydrogen (secondary N) is 1. The molecule has 20 heavy (non-hydrogen) atoms. The van der Waals surface area contributed by atoms with Crippen molar-refractivity contribution in [2.45, 2.75) is 19.5 Å². The molecule has 1 aromatic carbocycles. The molecule has 1 unspecified atom stereocenters. The summed E-state index contributed by atoms with van der Waals surface area (Å²) in [4.78, 5) is 0. The van der Waals surface area contributed by atoms with Crippen LogP contribution in [0.4, 0.5) is 0 Å². The lowest BCUT2D eigenvalue weighted by atomic mass is 10.1. The molecule has 2 heterocycles. The molecule has 5 heteroatoms. The van der Waals surface area contributed by atoms with E-state index in [2.05, 4.69) is 29.5 Å². The zero-order valence-electron chi connectivity index (χ0n) is 11.6. The van der Waals surface area contributed by atoms with Crippen molar-refractivity contribution in [2.75, 3.05) is 19.8 Å². The molecule has 0 spiro atoms. The van der Waals surface area contributed by atoms with Crippen molar-refractivity contribution in [1.82, 2.24) is 15.1 Å². The SMILES string of the molecule is CCNC(Cn1cccn1)c1ccc2c(c1)OCCO2. The van der Waals surface area contributed by atoms with Crippen molar-refractivity contribution in [3.63, 3.8) is 0 Å². The first-order valence-electron chi connectivity index (χ1n) is 6.97. The lowest BCUT2D eigenvalue weighted by Crippen LogP contribution is -2.26. The van der Waals surface area contributed by atoms with Gasteiger partial charge in [0.1, 0.15) is 13.2 Å². The van der Waals surface area contributed by atoms with Crippen LogP contribution in [-0.4, -0.2) is 29.5 Å². The van der Waals surface area contributed by atoms with Crippen LogP contribution < -0.4 is 14.8 Å². The molecule has 106 valence electrons. The van der Waals surface area contributed by atoms with Gasteiger partial charge in [0.25, 0.3) is 0 Å². The quantitative estimate of drug-likeness (QED) is 0.905. The molecule has 0 aliphatic carbocycles. The summed E-state index contributed by atoms with van der Waals surface area (Å²) in [5, 5.41) is 7.76. The lowest BCUT2D eigenvalue weighted by Gasteiger charge is -2.22. The average Bonchev–Trinajstić information content (AvgIpc) is 2.99. The number of fused-ring (bicyclic) bond motifs is 1. The number of benzene rings is 1. The largest absolute Gasteiger partial charge is 0.486 e. The van der Waals surface area contributed by atoms with Crippen LogP contribution in [0.1, 0.15) is 18.5 Å². The molecule has 0 saturated carbocycles. The molecule has 0 bridgehead atoms. The highest BCUT2D eigenvalue weighted by Gasteiger charge is 2.17. The summed E-state index contributed by atoms with van der Waals surface area (Å²) < 4.78 is 13.1. The highest BCUT2D eigenvalue weighted by atomic mass is 16.6. The molecule has 2 aromatic rings. The zero-order valence-corrected chi connectivity index (χ0v) is 11.6. The number of likely N-dealkylation sites (N-methyl/N-ethyl adjacent to an activating group) is 1. The maximum Gasteiger partial charge on any atom is 0.161 e. The normalized spacial score (nSPS) is 15.1. The Bertz CT molecular complexity index is 554. The van der Waals surface area contributed by atoms with E-state index in [9.17, 15) is 0 Å². The Kier molecular flexibility index (Phi) is 3.87. The van der Waals surface area contributed by atoms with Gasteiger partial charge < -0.3 is 14.8 Å². The predicted octanol–water partition coefficient (Wildman–Crippen LogP) is 2.01. The van der Waals surface area contributed by atoms with Crippen LogP contribution in [0.3, 0.4) is 0 Å². The molecule has 0 saturated heterocycles. The Morgan fingerprint density at radius 2 is 2.15 bits per heavy atom. The molecular formula is C15H19N3O2. The van der Waals surface area contributed by atoms with Crippen molar-refractivity contribution in [3.8, 4) is 11.5 Å². The second-order valence-corrected chi connectivity index (χ2v) is 4.74. The second kappa shape index (κ2) is 5.96. The standard InChI is InChI=1S/C15H19N3O2/c1-2-16-13(11-18-7-3-6-17-18)12-4-5-14-15(10-12)20-9-8-19-14/h3-7,10,13,16H,2,8-9,11H2,1H3. The van der Waals surface area contributed by atoms with Gasteiger partial charge in [-0.15, -0.1) is 0 Å². The van der Waals surface area contributed by atoms with Crippen LogP contribution in [0, 0.1) is 0 Å². The summed E-state index contributed by atoms with van der Waals surface area (Å²) in [7, 11) is 0. The number of ether oxygens (including phenoxy) is 2. The maximum absolute atomic E-state index is 5.65. The van der Waals surface area contributed by atoms with Gasteiger partial charge in [-0.2, -0.15) is 5.10 Å². The summed E-state index contributed by atoms with van der Waals surface area (Å²) in [5.41, 5.74) is 1.19. The Morgan fingerprint density at radius 1 is 1.30 bits per heavy atom. The van der Waals surface area contributed by atoms with Crippen molar-refractivity contribution in [1.29, 1.82) is 0 Å². The minimum absolute atomic E-state index is 0.204. The number of hydrogen-bond donors (Lipinski definition) is 1. The second-order valence-electron chi connectivity index (χ2n) is 4.74. The van der Waals surface area contributed by atoms with Crippen LogP contribution in [-0.2, 0) is 6.54 Å². The fraction of sp³-hybridized carbons (Fsp3) is 0.400. The highest BCUT2D eigenvalue weighted by Crippen LogP contribution is 2.32. The summed E-state index contributed by atoms with van der Waals surface area (Å²) in [5.74, 6) is 1.66. The van der Waals surface area contributed by atoms with E-state index in [0.29, 0.717) is 13.2 Å². The molecular weight excluding hydrogens is 254 g/mol. The number of hydrogen-bond acceptors (Lipinski definition) is 4. The molecule has 0 radical (unpaired) electrons. The van der Waals surface area contributed by atoms with Gasteiger partial charge in [0, 0.05) is 12.4 Å². The van der Waals surface area contributed by atoms with E-state index in [4.69, 9.17) is 9.47 Å². The van der Waals surface area contributed by atoms with E-state index in [1.54, 1.807) is 6.20 Å². The Balaban J connectivity index is 1.83. The van der Waals surface area contributed by atoms with E-state index in [1.807, 2.05) is 23.0 Å². The third-order valence-corrected chi connectivity index (χ3v) is 3.35. The predicted molar refractivity (Wildman–Crippen MR) is 76.1 cm³/mol. The molecule has 1 N–H and O–H groups in total. The van der Waals surface area contributed by atoms with Gasteiger partial charge in [0.2, 0.25) is 0 Å². The monoisotopic (exact) mass is 273 g/mol. The smallest absolute Gasteiger partial charge is 0.161 e. The number of nitrogens with zero attached hydrogens (tertiary/aromatic N) is 2. The van der Waals surface area contributed by atoms with Crippen molar-refractivity contribution in [2.24, 2.45) is 0 Å². The third kappa shape index (κ3) is 2.77. The van der Waals surface area contributed by atoms with E-state index in [-0.39, 0.29) is 6.04 Å². The molecule has 0 amide bonds. The van der Waals surface area contributed by atoms with Crippen molar-refractivity contribution < 1.29 is 9.47 Å². The van der Waals surface area contributed by atoms with E-state index in [0.717, 1.165) is 24.6 Å². The first-order chi connectivity index (χ1) is 9.86. The van der Waals surface area contributed by atoms with Crippen LogP contribution in [0.5, 0.6) is 11.5 Å². The topological polar surface area (TPSA) is 48.3 Å². The molecule has 5 nitrogen and oxygen atoms in total. The average molecular weight is 273 g/mol. The van der Waals surface area contributed by atoms with E-state index < -0.39 is 0 Å². The van der Waals surface area contributed by atoms with Gasteiger partial charge in [-0.1, -0.05) is 13.0 Å². The molecule has 1 aliphatic heterocycles. The molecule has 1 atom stereocenters. The fourth-order valence-electron chi connectivity index (χ4n) is 2.41. The summed E-state index contributed by atoms with van der Waals surface area (Å²) >= 11 is 0. The van der Waals surface area contributed by atoms with Crippen LogP contribution >= 0.6 is 0 Å². The number of rotatable bonds is 5. The minimum Gasteiger partial charge on any atom is -0.486 e. The van der Waals surface area contributed by atoms with Crippen LogP contribution in [0.2, 0.25) is 0 Å². The van der Waals surface area contributed by atoms with E-state index in [1.165, 1.54) is 5.56 Å². The highest BCUT2D eigenvalue weighted by molar-refractivity contribution is 5.44. The zero-order chi connectivity index (χ0) is 13.8. The van der Waals surface area contributed by atoms with Gasteiger partial charge in [-0.3, -0.25) is 4.68 Å². The Hall–Kier alpha value is -2.01.